The number of carbonyl (C=O) groups is 2. The van der Waals surface area contributed by atoms with Crippen molar-refractivity contribution in [2.24, 2.45) is 11.8 Å². The first kappa shape index (κ1) is 15.2. The maximum absolute atomic E-state index is 11.9. The molecule has 4 heteroatoms. The molecule has 2 atom stereocenters. The zero-order chi connectivity index (χ0) is 13.7. The highest BCUT2D eigenvalue weighted by molar-refractivity contribution is 5.97. The number of nitrogens with one attached hydrogen (secondary N) is 1. The van der Waals surface area contributed by atoms with E-state index in [1.54, 1.807) is 0 Å². The predicted molar refractivity (Wildman–Crippen MR) is 72.0 cm³/mol. The van der Waals surface area contributed by atoms with Gasteiger partial charge in [-0.05, 0) is 18.4 Å². The molecule has 1 saturated heterocycles. The molecule has 1 N–H and O–H groups in total. The number of rotatable bonds is 6. The van der Waals surface area contributed by atoms with Gasteiger partial charge in [-0.2, -0.15) is 0 Å². The van der Waals surface area contributed by atoms with E-state index in [0.717, 1.165) is 13.0 Å². The largest absolute Gasteiger partial charge is 0.312 e. The van der Waals surface area contributed by atoms with Gasteiger partial charge < -0.3 is 5.32 Å². The fraction of sp³-hybridized carbons (Fsp3) is 0.857. The molecule has 1 aliphatic rings. The van der Waals surface area contributed by atoms with Gasteiger partial charge in [-0.1, -0.05) is 34.1 Å². The second-order valence-corrected chi connectivity index (χ2v) is 5.46. The number of imide groups is 1. The molecule has 0 aliphatic carbocycles. The zero-order valence-electron chi connectivity index (χ0n) is 12.0. The van der Waals surface area contributed by atoms with Crippen molar-refractivity contribution >= 4 is 11.8 Å². The van der Waals surface area contributed by atoms with Gasteiger partial charge in [-0.25, -0.2) is 0 Å². The lowest BCUT2D eigenvalue weighted by molar-refractivity contribution is -0.150. The number of nitrogens with zero attached hydrogens (tertiary/aromatic N) is 1. The van der Waals surface area contributed by atoms with Crippen LogP contribution < -0.4 is 5.32 Å². The lowest BCUT2D eigenvalue weighted by atomic mass is 9.94. The lowest BCUT2D eigenvalue weighted by Crippen LogP contribution is -2.51. The molecule has 1 fully saturated rings. The van der Waals surface area contributed by atoms with E-state index in [2.05, 4.69) is 26.1 Å². The summed E-state index contributed by atoms with van der Waals surface area (Å²) < 4.78 is 0. The smallest absolute Gasteiger partial charge is 0.229 e. The second-order valence-electron chi connectivity index (χ2n) is 5.46. The third-order valence-corrected chi connectivity index (χ3v) is 3.82. The molecular weight excluding hydrogens is 228 g/mol. The van der Waals surface area contributed by atoms with Gasteiger partial charge in [0.05, 0.1) is 0 Å². The summed E-state index contributed by atoms with van der Waals surface area (Å²) in [5.74, 6) is 0.641. The Balaban J connectivity index is 2.67. The molecular formula is C14H26N2O2. The first-order chi connectivity index (χ1) is 8.49. The van der Waals surface area contributed by atoms with Crippen LogP contribution in [0.5, 0.6) is 0 Å². The van der Waals surface area contributed by atoms with Crippen molar-refractivity contribution in [3.8, 4) is 0 Å². The average molecular weight is 254 g/mol. The topological polar surface area (TPSA) is 49.4 Å². The number of likely N-dealkylation sites (N-methyl/N-ethyl adjacent to an activating group) is 1. The van der Waals surface area contributed by atoms with Gasteiger partial charge in [0.25, 0.3) is 0 Å². The Morgan fingerprint density at radius 3 is 2.28 bits per heavy atom. The molecule has 0 aromatic heterocycles. The van der Waals surface area contributed by atoms with Crippen molar-refractivity contribution in [3.05, 3.63) is 0 Å². The van der Waals surface area contributed by atoms with Crippen molar-refractivity contribution in [3.63, 3.8) is 0 Å². The molecule has 2 unspecified atom stereocenters. The Hall–Kier alpha value is -0.900. The lowest BCUT2D eigenvalue weighted by Gasteiger charge is -2.33. The van der Waals surface area contributed by atoms with Crippen LogP contribution in [0.2, 0.25) is 0 Å². The number of piperidine rings is 1. The molecule has 0 radical (unpaired) electrons. The summed E-state index contributed by atoms with van der Waals surface area (Å²) in [6.07, 6.45) is 2.06. The predicted octanol–water partition coefficient (Wildman–Crippen LogP) is 1.80. The molecule has 4 nitrogen and oxygen atoms in total. The van der Waals surface area contributed by atoms with Crippen molar-refractivity contribution in [1.82, 2.24) is 10.2 Å². The number of likely N-dealkylation sites (tertiary alicyclic amines) is 1. The summed E-state index contributed by atoms with van der Waals surface area (Å²) in [5, 5.41) is 3.39. The van der Waals surface area contributed by atoms with E-state index in [1.807, 2.05) is 6.92 Å². The van der Waals surface area contributed by atoms with Crippen LogP contribution in [-0.4, -0.2) is 35.8 Å². The number of hydrogen-bond acceptors (Lipinski definition) is 3. The average Bonchev–Trinajstić information content (AvgIpc) is 2.31. The van der Waals surface area contributed by atoms with E-state index in [0.29, 0.717) is 25.3 Å². The van der Waals surface area contributed by atoms with Crippen molar-refractivity contribution in [2.75, 3.05) is 13.1 Å². The van der Waals surface area contributed by atoms with Gasteiger partial charge in [0.15, 0.2) is 0 Å². The van der Waals surface area contributed by atoms with E-state index in [4.69, 9.17) is 0 Å². The summed E-state index contributed by atoms with van der Waals surface area (Å²) in [4.78, 5) is 25.3. The third-order valence-electron chi connectivity index (χ3n) is 3.82. The Morgan fingerprint density at radius 1 is 1.28 bits per heavy atom. The summed E-state index contributed by atoms with van der Waals surface area (Å²) in [6, 6.07) is 0.210. The quantitative estimate of drug-likeness (QED) is 0.735. The molecule has 0 saturated carbocycles. The molecule has 0 spiro atoms. The molecule has 0 aromatic carbocycles. The van der Waals surface area contributed by atoms with Crippen LogP contribution in [0.1, 0.15) is 47.0 Å². The summed E-state index contributed by atoms with van der Waals surface area (Å²) in [6.45, 7) is 9.70. The minimum atomic E-state index is -0.00930. The van der Waals surface area contributed by atoms with Crippen LogP contribution in [0.15, 0.2) is 0 Å². The van der Waals surface area contributed by atoms with Crippen molar-refractivity contribution < 1.29 is 9.59 Å². The SMILES string of the molecule is CCNC(CN1C(=O)CC(C)CC1=O)C(C)CC. The number of carbonyl (C=O) groups excluding carboxylic acids is 2. The van der Waals surface area contributed by atoms with E-state index in [9.17, 15) is 9.59 Å². The molecule has 18 heavy (non-hydrogen) atoms. The van der Waals surface area contributed by atoms with Crippen molar-refractivity contribution in [2.45, 2.75) is 53.0 Å². The van der Waals surface area contributed by atoms with Crippen LogP contribution >= 0.6 is 0 Å². The van der Waals surface area contributed by atoms with Crippen LogP contribution in [0.4, 0.5) is 0 Å². The molecule has 2 amide bonds. The minimum absolute atomic E-state index is 0.00930. The normalized spacial score (nSPS) is 21.2. The second kappa shape index (κ2) is 6.88. The molecule has 1 aliphatic heterocycles. The van der Waals surface area contributed by atoms with Gasteiger partial charge in [0.2, 0.25) is 11.8 Å². The Labute approximate surface area is 110 Å². The van der Waals surface area contributed by atoms with Gasteiger partial charge >= 0.3 is 0 Å². The van der Waals surface area contributed by atoms with E-state index in [-0.39, 0.29) is 23.8 Å². The highest BCUT2D eigenvalue weighted by atomic mass is 16.2. The van der Waals surface area contributed by atoms with E-state index in [1.165, 1.54) is 4.90 Å². The molecule has 1 heterocycles. The summed E-state index contributed by atoms with van der Waals surface area (Å²) in [7, 11) is 0. The zero-order valence-corrected chi connectivity index (χ0v) is 12.0. The monoisotopic (exact) mass is 254 g/mol. The molecule has 0 aromatic rings. The summed E-state index contributed by atoms with van der Waals surface area (Å²) in [5.41, 5.74) is 0. The Kier molecular flexibility index (Phi) is 5.79. The van der Waals surface area contributed by atoms with Gasteiger partial charge in [-0.3, -0.25) is 14.5 Å². The maximum Gasteiger partial charge on any atom is 0.229 e. The fourth-order valence-electron chi connectivity index (χ4n) is 2.42. The van der Waals surface area contributed by atoms with Crippen LogP contribution in [-0.2, 0) is 9.59 Å². The van der Waals surface area contributed by atoms with Crippen LogP contribution in [0.25, 0.3) is 0 Å². The Morgan fingerprint density at radius 2 is 1.83 bits per heavy atom. The molecule has 104 valence electrons. The van der Waals surface area contributed by atoms with Crippen LogP contribution in [0, 0.1) is 11.8 Å². The van der Waals surface area contributed by atoms with Gasteiger partial charge in [0, 0.05) is 25.4 Å². The highest BCUT2D eigenvalue weighted by Crippen LogP contribution is 2.20. The first-order valence-corrected chi connectivity index (χ1v) is 7.06. The first-order valence-electron chi connectivity index (χ1n) is 7.06. The van der Waals surface area contributed by atoms with E-state index < -0.39 is 0 Å². The van der Waals surface area contributed by atoms with Crippen molar-refractivity contribution in [1.29, 1.82) is 0 Å². The molecule has 1 rings (SSSR count). The highest BCUT2D eigenvalue weighted by Gasteiger charge is 2.32. The minimum Gasteiger partial charge on any atom is -0.312 e. The van der Waals surface area contributed by atoms with Gasteiger partial charge in [0.1, 0.15) is 0 Å². The fourth-order valence-corrected chi connectivity index (χ4v) is 2.42. The third kappa shape index (κ3) is 3.80. The maximum atomic E-state index is 11.9. The number of hydrogen-bond donors (Lipinski definition) is 1. The van der Waals surface area contributed by atoms with E-state index >= 15 is 0 Å². The van der Waals surface area contributed by atoms with Crippen LogP contribution in [0.3, 0.4) is 0 Å². The standard InChI is InChI=1S/C14H26N2O2/c1-5-11(4)12(15-6-2)9-16-13(17)7-10(3)8-14(16)18/h10-12,15H,5-9H2,1-4H3. The summed E-state index contributed by atoms with van der Waals surface area (Å²) >= 11 is 0. The Bertz CT molecular complexity index is 286. The number of amides is 2. The van der Waals surface area contributed by atoms with Gasteiger partial charge in [-0.15, -0.1) is 0 Å². The molecule has 0 bridgehead atoms.